The lowest BCUT2D eigenvalue weighted by Crippen LogP contribution is -2.20. The van der Waals surface area contributed by atoms with Crippen molar-refractivity contribution in [2.45, 2.75) is 26.9 Å². The summed E-state index contributed by atoms with van der Waals surface area (Å²) in [5.41, 5.74) is 7.53. The van der Waals surface area contributed by atoms with Crippen LogP contribution in [0.25, 0.3) is 0 Å². The standard InChI is InChI=1S/C24H23ClN2O2/c1-17-11-12-19(18(2)13-17)14-24(28)27-26-15-20-7-4-6-10-23(20)29-16-21-8-3-5-9-22(21)25/h3-13,15H,14,16H2,1-2H3,(H,27,28)/b26-15-. The molecule has 0 saturated carbocycles. The number of hydrogen-bond acceptors (Lipinski definition) is 3. The van der Waals surface area contributed by atoms with Crippen LogP contribution in [0.2, 0.25) is 5.02 Å². The SMILES string of the molecule is Cc1ccc(CC(=O)N/N=C\c2ccccc2OCc2ccccc2Cl)c(C)c1. The molecule has 0 aromatic heterocycles. The van der Waals surface area contributed by atoms with Gasteiger partial charge in [0.05, 0.1) is 12.6 Å². The fraction of sp³-hybridized carbons (Fsp3) is 0.167. The minimum Gasteiger partial charge on any atom is -0.488 e. The number of aryl methyl sites for hydroxylation is 2. The molecule has 0 spiro atoms. The van der Waals surface area contributed by atoms with E-state index >= 15 is 0 Å². The van der Waals surface area contributed by atoms with E-state index < -0.39 is 0 Å². The molecule has 0 aliphatic rings. The van der Waals surface area contributed by atoms with Crippen molar-refractivity contribution in [1.82, 2.24) is 5.43 Å². The summed E-state index contributed by atoms with van der Waals surface area (Å²) in [6.45, 7) is 4.39. The van der Waals surface area contributed by atoms with Crippen LogP contribution in [0, 0.1) is 13.8 Å². The lowest BCUT2D eigenvalue weighted by atomic mass is 10.0. The predicted molar refractivity (Wildman–Crippen MR) is 118 cm³/mol. The Balaban J connectivity index is 1.60. The van der Waals surface area contributed by atoms with Crippen molar-refractivity contribution in [3.8, 4) is 5.75 Å². The van der Waals surface area contributed by atoms with E-state index in [1.165, 1.54) is 5.56 Å². The lowest BCUT2D eigenvalue weighted by molar-refractivity contribution is -0.120. The van der Waals surface area contributed by atoms with Crippen molar-refractivity contribution >= 4 is 23.7 Å². The zero-order valence-corrected chi connectivity index (χ0v) is 17.2. The normalized spacial score (nSPS) is 10.9. The van der Waals surface area contributed by atoms with Crippen LogP contribution in [0.3, 0.4) is 0 Å². The van der Waals surface area contributed by atoms with Crippen LogP contribution >= 0.6 is 11.6 Å². The van der Waals surface area contributed by atoms with Gasteiger partial charge in [0.2, 0.25) is 5.91 Å². The second kappa shape index (κ2) is 9.89. The molecule has 5 heteroatoms. The van der Waals surface area contributed by atoms with Crippen molar-refractivity contribution in [3.63, 3.8) is 0 Å². The Morgan fingerprint density at radius 2 is 1.79 bits per heavy atom. The number of halogens is 1. The zero-order valence-electron chi connectivity index (χ0n) is 16.5. The lowest BCUT2D eigenvalue weighted by Gasteiger charge is -2.10. The average molecular weight is 407 g/mol. The van der Waals surface area contributed by atoms with E-state index in [9.17, 15) is 4.79 Å². The van der Waals surface area contributed by atoms with Gasteiger partial charge in [-0.2, -0.15) is 5.10 Å². The number of rotatable bonds is 7. The molecule has 0 unspecified atom stereocenters. The maximum absolute atomic E-state index is 12.2. The van der Waals surface area contributed by atoms with E-state index in [0.29, 0.717) is 17.4 Å². The van der Waals surface area contributed by atoms with Crippen LogP contribution in [0.5, 0.6) is 5.75 Å². The minimum absolute atomic E-state index is 0.164. The molecule has 1 N–H and O–H groups in total. The fourth-order valence-electron chi connectivity index (χ4n) is 2.92. The third-order valence-electron chi connectivity index (χ3n) is 4.50. The van der Waals surface area contributed by atoms with Crippen LogP contribution in [0.15, 0.2) is 71.8 Å². The van der Waals surface area contributed by atoms with E-state index in [1.807, 2.05) is 74.5 Å². The molecule has 3 rings (SSSR count). The highest BCUT2D eigenvalue weighted by atomic mass is 35.5. The third-order valence-corrected chi connectivity index (χ3v) is 4.87. The molecule has 0 fully saturated rings. The topological polar surface area (TPSA) is 50.7 Å². The van der Waals surface area contributed by atoms with Crippen LogP contribution in [0.4, 0.5) is 0 Å². The van der Waals surface area contributed by atoms with Gasteiger partial charge in [0.1, 0.15) is 12.4 Å². The molecule has 4 nitrogen and oxygen atoms in total. The van der Waals surface area contributed by atoms with E-state index in [1.54, 1.807) is 6.21 Å². The van der Waals surface area contributed by atoms with Gasteiger partial charge in [-0.1, -0.05) is 65.7 Å². The molecular formula is C24H23ClN2O2. The number of nitrogens with zero attached hydrogens (tertiary/aromatic N) is 1. The third kappa shape index (κ3) is 5.93. The highest BCUT2D eigenvalue weighted by Crippen LogP contribution is 2.21. The van der Waals surface area contributed by atoms with Crippen LogP contribution in [0.1, 0.15) is 27.8 Å². The van der Waals surface area contributed by atoms with Gasteiger partial charge >= 0.3 is 0 Å². The molecule has 0 atom stereocenters. The molecule has 1 amide bonds. The van der Waals surface area contributed by atoms with Gasteiger partial charge in [-0.25, -0.2) is 5.43 Å². The van der Waals surface area contributed by atoms with Gasteiger partial charge < -0.3 is 4.74 Å². The molecule has 3 aromatic rings. The molecule has 0 aliphatic heterocycles. The molecule has 29 heavy (non-hydrogen) atoms. The van der Waals surface area contributed by atoms with Crippen LogP contribution in [-0.2, 0) is 17.8 Å². The number of amides is 1. The number of benzene rings is 3. The first-order valence-corrected chi connectivity index (χ1v) is 9.74. The molecule has 0 heterocycles. The molecule has 0 aliphatic carbocycles. The fourth-order valence-corrected chi connectivity index (χ4v) is 3.11. The summed E-state index contributed by atoms with van der Waals surface area (Å²) in [5.74, 6) is 0.502. The van der Waals surface area contributed by atoms with E-state index in [-0.39, 0.29) is 12.3 Å². The Morgan fingerprint density at radius 3 is 2.59 bits per heavy atom. The summed E-state index contributed by atoms with van der Waals surface area (Å²) in [5, 5.41) is 4.75. The van der Waals surface area contributed by atoms with Crippen molar-refractivity contribution in [2.24, 2.45) is 5.10 Å². The summed E-state index contributed by atoms with van der Waals surface area (Å²) in [6.07, 6.45) is 1.87. The van der Waals surface area contributed by atoms with E-state index in [0.717, 1.165) is 22.3 Å². The Labute approximate surface area is 176 Å². The van der Waals surface area contributed by atoms with Crippen molar-refractivity contribution in [3.05, 3.63) is 99.6 Å². The Hall–Kier alpha value is -3.11. The zero-order chi connectivity index (χ0) is 20.6. The van der Waals surface area contributed by atoms with Gasteiger partial charge in [0.15, 0.2) is 0 Å². The Bertz CT molecular complexity index is 1030. The van der Waals surface area contributed by atoms with E-state index in [2.05, 4.69) is 16.6 Å². The van der Waals surface area contributed by atoms with Gasteiger partial charge in [0, 0.05) is 16.1 Å². The largest absolute Gasteiger partial charge is 0.488 e. The highest BCUT2D eigenvalue weighted by molar-refractivity contribution is 6.31. The van der Waals surface area contributed by atoms with Crippen LogP contribution < -0.4 is 10.2 Å². The number of carbonyl (C=O) groups excluding carboxylic acids is 1. The van der Waals surface area contributed by atoms with E-state index in [4.69, 9.17) is 16.3 Å². The second-order valence-corrected chi connectivity index (χ2v) is 7.23. The first kappa shape index (κ1) is 20.6. The predicted octanol–water partition coefficient (Wildman–Crippen LogP) is 5.23. The quantitative estimate of drug-likeness (QED) is 0.431. The first-order chi connectivity index (χ1) is 14.0. The summed E-state index contributed by atoms with van der Waals surface area (Å²) in [4.78, 5) is 12.2. The second-order valence-electron chi connectivity index (χ2n) is 6.82. The maximum atomic E-state index is 12.2. The molecule has 0 bridgehead atoms. The summed E-state index contributed by atoms with van der Waals surface area (Å²) >= 11 is 6.18. The summed E-state index contributed by atoms with van der Waals surface area (Å²) in [7, 11) is 0. The molecule has 0 radical (unpaired) electrons. The highest BCUT2D eigenvalue weighted by Gasteiger charge is 2.06. The van der Waals surface area contributed by atoms with Gasteiger partial charge in [-0.15, -0.1) is 0 Å². The van der Waals surface area contributed by atoms with Gasteiger partial charge in [0.25, 0.3) is 0 Å². The monoisotopic (exact) mass is 406 g/mol. The number of carbonyl (C=O) groups is 1. The summed E-state index contributed by atoms with van der Waals surface area (Å²) < 4.78 is 5.90. The van der Waals surface area contributed by atoms with Crippen molar-refractivity contribution in [2.75, 3.05) is 0 Å². The number of ether oxygens (including phenoxy) is 1. The maximum Gasteiger partial charge on any atom is 0.244 e. The van der Waals surface area contributed by atoms with Crippen molar-refractivity contribution in [1.29, 1.82) is 0 Å². The number of hydrazone groups is 1. The Kier molecular flexibility index (Phi) is 7.04. The first-order valence-electron chi connectivity index (χ1n) is 9.36. The summed E-state index contributed by atoms with van der Waals surface area (Å²) in [6, 6.07) is 21.1. The van der Waals surface area contributed by atoms with Gasteiger partial charge in [-0.3, -0.25) is 4.79 Å². The number of para-hydroxylation sites is 1. The average Bonchev–Trinajstić information content (AvgIpc) is 2.70. The molecule has 0 saturated heterocycles. The molecule has 3 aromatic carbocycles. The van der Waals surface area contributed by atoms with Gasteiger partial charge in [-0.05, 0) is 43.2 Å². The minimum atomic E-state index is -0.164. The van der Waals surface area contributed by atoms with Crippen LogP contribution in [-0.4, -0.2) is 12.1 Å². The smallest absolute Gasteiger partial charge is 0.244 e. The number of nitrogens with one attached hydrogen (secondary N) is 1. The molecule has 148 valence electrons. The molecular weight excluding hydrogens is 384 g/mol. The number of hydrogen-bond donors (Lipinski definition) is 1. The van der Waals surface area contributed by atoms with Crippen molar-refractivity contribution < 1.29 is 9.53 Å². The Morgan fingerprint density at radius 1 is 1.03 bits per heavy atom.